The molecular weight excluding hydrogens is 448 g/mol. The first-order valence-corrected chi connectivity index (χ1v) is 11.9. The number of hydrogen-bond acceptors (Lipinski definition) is 3. The number of anilines is 2. The van der Waals surface area contributed by atoms with Gasteiger partial charge in [-0.15, -0.1) is 0 Å². The van der Waals surface area contributed by atoms with Crippen LogP contribution < -0.4 is 10.6 Å². The van der Waals surface area contributed by atoms with Crippen molar-refractivity contribution in [2.75, 3.05) is 10.6 Å². The number of amides is 2. The van der Waals surface area contributed by atoms with Crippen LogP contribution >= 0.6 is 0 Å². The highest BCUT2D eigenvalue weighted by Crippen LogP contribution is 2.24. The third-order valence-corrected chi connectivity index (χ3v) is 5.95. The van der Waals surface area contributed by atoms with Gasteiger partial charge in [-0.2, -0.15) is 0 Å². The second kappa shape index (κ2) is 11.3. The van der Waals surface area contributed by atoms with Crippen LogP contribution in [-0.4, -0.2) is 17.6 Å². The summed E-state index contributed by atoms with van der Waals surface area (Å²) in [6.07, 6.45) is 1.14. The van der Waals surface area contributed by atoms with E-state index < -0.39 is 5.91 Å². The number of aryl methyl sites for hydroxylation is 2. The molecule has 5 nitrogen and oxygen atoms in total. The fourth-order valence-electron chi connectivity index (χ4n) is 3.95. The molecule has 0 spiro atoms. The Morgan fingerprint density at radius 1 is 0.667 bits per heavy atom. The predicted octanol–water partition coefficient (Wildman–Crippen LogP) is 6.22. The molecule has 4 aromatic carbocycles. The van der Waals surface area contributed by atoms with E-state index in [1.807, 2.05) is 43.3 Å². The third-order valence-electron chi connectivity index (χ3n) is 5.95. The van der Waals surface area contributed by atoms with Gasteiger partial charge in [-0.25, -0.2) is 0 Å². The molecule has 0 heterocycles. The summed E-state index contributed by atoms with van der Waals surface area (Å²) in [5.41, 5.74) is 5.10. The molecule has 0 bridgehead atoms. The number of carbonyl (C=O) groups excluding carboxylic acids is 3. The number of para-hydroxylation sites is 1. The van der Waals surface area contributed by atoms with Crippen molar-refractivity contribution in [2.45, 2.75) is 26.7 Å². The second-order valence-corrected chi connectivity index (χ2v) is 8.64. The molecule has 0 saturated carbocycles. The highest BCUT2D eigenvalue weighted by atomic mass is 16.2. The average molecular weight is 477 g/mol. The molecule has 0 aromatic heterocycles. The fourth-order valence-corrected chi connectivity index (χ4v) is 3.95. The van der Waals surface area contributed by atoms with E-state index in [0.29, 0.717) is 28.1 Å². The highest BCUT2D eigenvalue weighted by Gasteiger charge is 2.18. The van der Waals surface area contributed by atoms with Crippen LogP contribution in [0, 0.1) is 6.92 Å². The number of ketones is 1. The van der Waals surface area contributed by atoms with Crippen LogP contribution in [0.1, 0.15) is 49.9 Å². The number of benzene rings is 4. The first kappa shape index (κ1) is 24.6. The summed E-state index contributed by atoms with van der Waals surface area (Å²) in [6, 6.07) is 29.0. The van der Waals surface area contributed by atoms with Crippen LogP contribution in [0.4, 0.5) is 11.4 Å². The van der Waals surface area contributed by atoms with Crippen LogP contribution in [0.15, 0.2) is 97.1 Å². The van der Waals surface area contributed by atoms with E-state index in [1.54, 1.807) is 60.7 Å². The van der Waals surface area contributed by atoms with Gasteiger partial charge in [0.25, 0.3) is 5.91 Å². The zero-order chi connectivity index (χ0) is 25.5. The quantitative estimate of drug-likeness (QED) is 0.296. The summed E-state index contributed by atoms with van der Waals surface area (Å²) in [5, 5.41) is 5.73. The number of hydrogen-bond donors (Lipinski definition) is 2. The molecule has 5 heteroatoms. The topological polar surface area (TPSA) is 75.3 Å². The van der Waals surface area contributed by atoms with Crippen molar-refractivity contribution in [1.29, 1.82) is 0 Å². The lowest BCUT2D eigenvalue weighted by Crippen LogP contribution is -2.20. The smallest absolute Gasteiger partial charge is 0.257 e. The number of carbonyl (C=O) groups is 3. The van der Waals surface area contributed by atoms with Crippen LogP contribution in [0.2, 0.25) is 0 Å². The Balaban J connectivity index is 1.53. The molecule has 0 atom stereocenters. The molecule has 0 aliphatic heterocycles. The van der Waals surface area contributed by atoms with E-state index in [-0.39, 0.29) is 18.1 Å². The predicted molar refractivity (Wildman–Crippen MR) is 144 cm³/mol. The molecule has 180 valence electrons. The van der Waals surface area contributed by atoms with Crippen LogP contribution in [0.25, 0.3) is 0 Å². The largest absolute Gasteiger partial charge is 0.325 e. The minimum atomic E-state index is -0.413. The second-order valence-electron chi connectivity index (χ2n) is 8.64. The lowest BCUT2D eigenvalue weighted by atomic mass is 9.99. The Morgan fingerprint density at radius 3 is 2.03 bits per heavy atom. The molecule has 2 amide bonds. The van der Waals surface area contributed by atoms with Crippen LogP contribution in [0.5, 0.6) is 0 Å². The minimum Gasteiger partial charge on any atom is -0.325 e. The van der Waals surface area contributed by atoms with Gasteiger partial charge in [0.1, 0.15) is 0 Å². The normalized spacial score (nSPS) is 10.5. The first-order valence-electron chi connectivity index (χ1n) is 11.9. The molecule has 4 rings (SSSR count). The van der Waals surface area contributed by atoms with Crippen LogP contribution in [0.3, 0.4) is 0 Å². The number of rotatable bonds is 8. The van der Waals surface area contributed by atoms with Crippen molar-refractivity contribution in [3.63, 3.8) is 0 Å². The van der Waals surface area contributed by atoms with E-state index >= 15 is 0 Å². The summed E-state index contributed by atoms with van der Waals surface area (Å²) < 4.78 is 0. The first-order chi connectivity index (χ1) is 17.4. The maximum atomic E-state index is 13.3. The summed E-state index contributed by atoms with van der Waals surface area (Å²) >= 11 is 0. The van der Waals surface area contributed by atoms with Crippen molar-refractivity contribution in [2.24, 2.45) is 0 Å². The molecule has 0 aliphatic carbocycles. The van der Waals surface area contributed by atoms with Gasteiger partial charge in [0, 0.05) is 11.1 Å². The maximum absolute atomic E-state index is 13.3. The Labute approximate surface area is 211 Å². The molecule has 0 fully saturated rings. The van der Waals surface area contributed by atoms with Crippen molar-refractivity contribution in [3.05, 3.63) is 130 Å². The molecule has 0 aliphatic rings. The highest BCUT2D eigenvalue weighted by molar-refractivity contribution is 6.16. The lowest BCUT2D eigenvalue weighted by molar-refractivity contribution is -0.115. The Morgan fingerprint density at radius 2 is 1.31 bits per heavy atom. The maximum Gasteiger partial charge on any atom is 0.257 e. The molecule has 0 saturated heterocycles. The summed E-state index contributed by atoms with van der Waals surface area (Å²) in [7, 11) is 0. The van der Waals surface area contributed by atoms with Crippen molar-refractivity contribution in [3.8, 4) is 0 Å². The average Bonchev–Trinajstić information content (AvgIpc) is 2.90. The summed E-state index contributed by atoms with van der Waals surface area (Å²) in [4.78, 5) is 39.1. The SMILES string of the molecule is CCc1ccc(CC(=O)Nc2ccccc2C(=O)Nc2ccc(C)cc2C(=O)c2ccccc2)cc1. The van der Waals surface area contributed by atoms with Gasteiger partial charge in [0.2, 0.25) is 5.91 Å². The molecular formula is C31H28N2O3. The number of nitrogens with one attached hydrogen (secondary N) is 2. The minimum absolute atomic E-state index is 0.176. The molecule has 0 unspecified atom stereocenters. The van der Waals surface area contributed by atoms with Crippen molar-refractivity contribution < 1.29 is 14.4 Å². The fraction of sp³-hybridized carbons (Fsp3) is 0.129. The van der Waals surface area contributed by atoms with Gasteiger partial charge in [-0.05, 0) is 48.7 Å². The Hall–Kier alpha value is -4.51. The van der Waals surface area contributed by atoms with E-state index in [9.17, 15) is 14.4 Å². The van der Waals surface area contributed by atoms with E-state index in [4.69, 9.17) is 0 Å². The van der Waals surface area contributed by atoms with Gasteiger partial charge in [-0.1, -0.05) is 85.3 Å². The molecule has 0 radical (unpaired) electrons. The van der Waals surface area contributed by atoms with E-state index in [1.165, 1.54) is 5.56 Å². The van der Waals surface area contributed by atoms with E-state index in [0.717, 1.165) is 17.5 Å². The van der Waals surface area contributed by atoms with Crippen molar-refractivity contribution in [1.82, 2.24) is 0 Å². The van der Waals surface area contributed by atoms with Gasteiger partial charge in [0.05, 0.1) is 23.4 Å². The van der Waals surface area contributed by atoms with Crippen molar-refractivity contribution >= 4 is 29.0 Å². The van der Waals surface area contributed by atoms with Gasteiger partial charge in [0.15, 0.2) is 5.78 Å². The zero-order valence-electron chi connectivity index (χ0n) is 20.4. The molecule has 2 N–H and O–H groups in total. The molecule has 4 aromatic rings. The summed E-state index contributed by atoms with van der Waals surface area (Å²) in [5.74, 6) is -0.802. The van der Waals surface area contributed by atoms with Crippen LogP contribution in [-0.2, 0) is 17.6 Å². The standard InChI is InChI=1S/C31H28N2O3/c1-3-22-14-16-23(17-15-22)20-29(34)32-27-12-8-7-11-25(27)31(36)33-28-18-13-21(2)19-26(28)30(35)24-9-5-4-6-10-24/h4-19H,3,20H2,1-2H3,(H,32,34)(H,33,36). The van der Waals surface area contributed by atoms with Gasteiger partial charge >= 0.3 is 0 Å². The summed E-state index contributed by atoms with van der Waals surface area (Å²) in [6.45, 7) is 3.98. The Bertz CT molecular complexity index is 1390. The molecule has 36 heavy (non-hydrogen) atoms. The lowest BCUT2D eigenvalue weighted by Gasteiger charge is -2.14. The van der Waals surface area contributed by atoms with Gasteiger partial charge < -0.3 is 10.6 Å². The van der Waals surface area contributed by atoms with E-state index in [2.05, 4.69) is 17.6 Å². The zero-order valence-corrected chi connectivity index (χ0v) is 20.4. The van der Waals surface area contributed by atoms with Gasteiger partial charge in [-0.3, -0.25) is 14.4 Å². The monoisotopic (exact) mass is 476 g/mol. The third kappa shape index (κ3) is 5.94. The Kier molecular flexibility index (Phi) is 7.71.